The van der Waals surface area contributed by atoms with Crippen molar-refractivity contribution in [3.05, 3.63) is 11.6 Å². The molecule has 1 heterocycles. The second kappa shape index (κ2) is 12.5. The van der Waals surface area contributed by atoms with Crippen LogP contribution in [-0.2, 0) is 9.53 Å². The van der Waals surface area contributed by atoms with E-state index in [9.17, 15) is 4.79 Å². The van der Waals surface area contributed by atoms with Crippen molar-refractivity contribution in [2.45, 2.75) is 122 Å². The molecule has 0 bridgehead atoms. The first kappa shape index (κ1) is 21.5. The Kier molecular flexibility index (Phi) is 10.4. The molecule has 0 unspecified atom stereocenters. The van der Waals surface area contributed by atoms with E-state index in [-0.39, 0.29) is 6.42 Å². The van der Waals surface area contributed by atoms with Gasteiger partial charge in [0.2, 0.25) is 0 Å². The molecule has 3 heteroatoms. The Hall–Kier alpha value is -0.830. The van der Waals surface area contributed by atoms with Crippen LogP contribution >= 0.6 is 0 Å². The lowest BCUT2D eigenvalue weighted by Gasteiger charge is -2.19. The highest BCUT2D eigenvalue weighted by Gasteiger charge is 2.49. The van der Waals surface area contributed by atoms with Gasteiger partial charge in [0.15, 0.2) is 0 Å². The highest BCUT2D eigenvalue weighted by Crippen LogP contribution is 2.45. The third kappa shape index (κ3) is 8.24. The van der Waals surface area contributed by atoms with E-state index >= 15 is 0 Å². The fourth-order valence-corrected chi connectivity index (χ4v) is 4.37. The Morgan fingerprint density at radius 2 is 1.65 bits per heavy atom. The quantitative estimate of drug-likeness (QED) is 0.201. The van der Waals surface area contributed by atoms with Gasteiger partial charge in [0.05, 0.1) is 6.10 Å². The van der Waals surface area contributed by atoms with Gasteiger partial charge in [-0.15, -0.1) is 0 Å². The molecule has 1 saturated heterocycles. The van der Waals surface area contributed by atoms with Crippen LogP contribution < -0.4 is 0 Å². The lowest BCUT2D eigenvalue weighted by Crippen LogP contribution is -2.19. The second-order valence-electron chi connectivity index (χ2n) is 8.36. The van der Waals surface area contributed by atoms with Crippen LogP contribution in [0.4, 0.5) is 0 Å². The van der Waals surface area contributed by atoms with Crippen molar-refractivity contribution < 1.29 is 14.6 Å². The van der Waals surface area contributed by atoms with Crippen molar-refractivity contribution in [3.8, 4) is 0 Å². The van der Waals surface area contributed by atoms with Crippen LogP contribution in [0.3, 0.4) is 0 Å². The van der Waals surface area contributed by atoms with Gasteiger partial charge < -0.3 is 9.84 Å². The van der Waals surface area contributed by atoms with E-state index in [2.05, 4.69) is 13.0 Å². The lowest BCUT2D eigenvalue weighted by atomic mass is 9.83. The van der Waals surface area contributed by atoms with E-state index in [0.29, 0.717) is 18.1 Å². The van der Waals surface area contributed by atoms with Crippen LogP contribution in [0.1, 0.15) is 110 Å². The van der Waals surface area contributed by atoms with Gasteiger partial charge in [-0.1, -0.05) is 77.2 Å². The van der Waals surface area contributed by atoms with Crippen LogP contribution in [0, 0.1) is 5.92 Å². The third-order valence-corrected chi connectivity index (χ3v) is 6.10. The maximum Gasteiger partial charge on any atom is 0.303 e. The van der Waals surface area contributed by atoms with Crippen LogP contribution in [0.25, 0.3) is 0 Å². The Morgan fingerprint density at radius 3 is 2.27 bits per heavy atom. The molecule has 1 saturated carbocycles. The van der Waals surface area contributed by atoms with Crippen LogP contribution in [-0.4, -0.2) is 23.3 Å². The van der Waals surface area contributed by atoms with Gasteiger partial charge in [0, 0.05) is 6.42 Å². The lowest BCUT2D eigenvalue weighted by molar-refractivity contribution is -0.137. The molecule has 150 valence electrons. The van der Waals surface area contributed by atoms with Crippen LogP contribution in [0.5, 0.6) is 0 Å². The number of carboxylic acids is 1. The highest BCUT2D eigenvalue weighted by atomic mass is 16.6. The number of hydrogen-bond donors (Lipinski definition) is 1. The number of carboxylic acid groups (broad SMARTS) is 1. The molecule has 0 aromatic carbocycles. The summed E-state index contributed by atoms with van der Waals surface area (Å²) < 4.78 is 5.83. The minimum Gasteiger partial charge on any atom is -0.481 e. The van der Waals surface area contributed by atoms with Gasteiger partial charge in [-0.25, -0.2) is 0 Å². The smallest absolute Gasteiger partial charge is 0.303 e. The average molecular weight is 365 g/mol. The Balaban J connectivity index is 1.43. The molecule has 26 heavy (non-hydrogen) atoms. The van der Waals surface area contributed by atoms with E-state index < -0.39 is 5.97 Å². The molecule has 0 radical (unpaired) electrons. The predicted molar refractivity (Wildman–Crippen MR) is 107 cm³/mol. The standard InChI is InChI=1S/C23H40O3/c1-2-3-4-5-6-7-8-9-10-11-12-13-14-19-15-16-20(17-18-21(24)25)23-22(19)26-23/h14,20,22-23H,2-13,15-18H2,1H3,(H,24,25)/b19-14+/t20-,22-,23+/m1/s1. The zero-order valence-electron chi connectivity index (χ0n) is 16.9. The fraction of sp³-hybridized carbons (Fsp3) is 0.870. The minimum absolute atomic E-state index is 0.287. The van der Waals surface area contributed by atoms with Gasteiger partial charge in [-0.2, -0.15) is 0 Å². The first-order valence-corrected chi connectivity index (χ1v) is 11.3. The number of aliphatic carboxylic acids is 1. The Labute approximate surface area is 160 Å². The van der Waals surface area contributed by atoms with Crippen LogP contribution in [0.15, 0.2) is 11.6 Å². The Bertz CT molecular complexity index is 429. The fourth-order valence-electron chi connectivity index (χ4n) is 4.37. The largest absolute Gasteiger partial charge is 0.481 e. The van der Waals surface area contributed by atoms with E-state index in [1.807, 2.05) is 0 Å². The van der Waals surface area contributed by atoms with Crippen molar-refractivity contribution in [2.75, 3.05) is 0 Å². The van der Waals surface area contributed by atoms with Gasteiger partial charge in [0.25, 0.3) is 0 Å². The summed E-state index contributed by atoms with van der Waals surface area (Å²) in [6.45, 7) is 2.28. The number of unbranched alkanes of at least 4 members (excludes halogenated alkanes) is 11. The molecule has 1 aliphatic carbocycles. The van der Waals surface area contributed by atoms with E-state index in [1.54, 1.807) is 0 Å². The summed E-state index contributed by atoms with van der Waals surface area (Å²) in [5.74, 6) is -0.213. The number of epoxide rings is 1. The molecule has 3 atom stereocenters. The van der Waals surface area contributed by atoms with Gasteiger partial charge in [-0.05, 0) is 43.6 Å². The summed E-state index contributed by atoms with van der Waals surface area (Å²) in [5.41, 5.74) is 1.49. The zero-order chi connectivity index (χ0) is 18.6. The number of allylic oxidation sites excluding steroid dienone is 1. The predicted octanol–water partition coefficient (Wildman–Crippen LogP) is 6.66. The number of hydrogen-bond acceptors (Lipinski definition) is 2. The summed E-state index contributed by atoms with van der Waals surface area (Å²) in [4.78, 5) is 10.7. The zero-order valence-corrected chi connectivity index (χ0v) is 16.9. The summed E-state index contributed by atoms with van der Waals surface area (Å²) in [5, 5.41) is 8.82. The molecule has 0 amide bonds. The monoisotopic (exact) mass is 364 g/mol. The third-order valence-electron chi connectivity index (χ3n) is 6.10. The molecule has 1 N–H and O–H groups in total. The second-order valence-corrected chi connectivity index (χ2v) is 8.36. The molecule has 2 aliphatic rings. The minimum atomic E-state index is -0.681. The molecular formula is C23H40O3. The SMILES string of the molecule is CCCCCCCCCCCCC/C=C1\CC[C@H](CCC(=O)O)[C@@H]2O[C@H]12. The summed E-state index contributed by atoms with van der Waals surface area (Å²) in [7, 11) is 0. The van der Waals surface area contributed by atoms with Crippen molar-refractivity contribution in [3.63, 3.8) is 0 Å². The van der Waals surface area contributed by atoms with E-state index in [0.717, 1.165) is 19.3 Å². The van der Waals surface area contributed by atoms with Crippen molar-refractivity contribution in [1.29, 1.82) is 0 Å². The summed E-state index contributed by atoms with van der Waals surface area (Å²) in [6.07, 6.45) is 22.9. The summed E-state index contributed by atoms with van der Waals surface area (Å²) in [6, 6.07) is 0. The average Bonchev–Trinajstić information content (AvgIpc) is 3.42. The molecule has 3 nitrogen and oxygen atoms in total. The van der Waals surface area contributed by atoms with Crippen molar-refractivity contribution in [1.82, 2.24) is 0 Å². The highest BCUT2D eigenvalue weighted by molar-refractivity contribution is 5.66. The van der Waals surface area contributed by atoms with Gasteiger partial charge in [0.1, 0.15) is 6.10 Å². The number of ether oxygens (including phenoxy) is 1. The molecule has 2 rings (SSSR count). The van der Waals surface area contributed by atoms with Gasteiger partial charge in [-0.3, -0.25) is 4.79 Å². The van der Waals surface area contributed by atoms with Gasteiger partial charge >= 0.3 is 5.97 Å². The maximum atomic E-state index is 10.7. The maximum absolute atomic E-state index is 10.7. The number of rotatable bonds is 15. The normalized spacial score (nSPS) is 26.0. The first-order valence-electron chi connectivity index (χ1n) is 11.3. The molecule has 2 fully saturated rings. The summed E-state index contributed by atoms with van der Waals surface area (Å²) >= 11 is 0. The number of fused-ring (bicyclic) bond motifs is 1. The Morgan fingerprint density at radius 1 is 1.04 bits per heavy atom. The first-order chi connectivity index (χ1) is 12.7. The van der Waals surface area contributed by atoms with Crippen LogP contribution in [0.2, 0.25) is 0 Å². The van der Waals surface area contributed by atoms with Crippen molar-refractivity contribution in [2.24, 2.45) is 5.92 Å². The number of carbonyl (C=O) groups is 1. The molecule has 0 spiro atoms. The van der Waals surface area contributed by atoms with E-state index in [4.69, 9.17) is 9.84 Å². The topological polar surface area (TPSA) is 49.8 Å². The molecule has 1 aliphatic heterocycles. The van der Waals surface area contributed by atoms with E-state index in [1.165, 1.54) is 82.6 Å². The van der Waals surface area contributed by atoms with Crippen molar-refractivity contribution >= 4 is 5.97 Å². The molecule has 0 aromatic rings. The molecule has 0 aromatic heterocycles. The molecular weight excluding hydrogens is 324 g/mol.